The average Bonchev–Trinajstić information content (AvgIpc) is 2.86. The van der Waals surface area contributed by atoms with Crippen LogP contribution in [0.3, 0.4) is 0 Å². The lowest BCUT2D eigenvalue weighted by molar-refractivity contribution is -0.143. The van der Waals surface area contributed by atoms with E-state index in [2.05, 4.69) is 18.7 Å². The van der Waals surface area contributed by atoms with Crippen molar-refractivity contribution in [1.82, 2.24) is 4.90 Å². The van der Waals surface area contributed by atoms with Crippen molar-refractivity contribution >= 4 is 5.91 Å². The number of rotatable bonds is 1. The highest BCUT2D eigenvalue weighted by atomic mass is 16.2. The van der Waals surface area contributed by atoms with Crippen molar-refractivity contribution in [2.24, 2.45) is 46.8 Å². The fourth-order valence-corrected chi connectivity index (χ4v) is 9.01. The van der Waals surface area contributed by atoms with Crippen LogP contribution in [0.5, 0.6) is 0 Å². The van der Waals surface area contributed by atoms with Crippen LogP contribution in [0.4, 0.5) is 0 Å². The Morgan fingerprint density at radius 2 is 1.57 bits per heavy atom. The van der Waals surface area contributed by atoms with Crippen LogP contribution >= 0.6 is 0 Å². The Kier molecular flexibility index (Phi) is 5.29. The van der Waals surface area contributed by atoms with Gasteiger partial charge < -0.3 is 4.90 Å². The summed E-state index contributed by atoms with van der Waals surface area (Å²) in [5, 5.41) is 0. The molecule has 1 amide bonds. The molecule has 5 fully saturated rings. The van der Waals surface area contributed by atoms with Gasteiger partial charge in [0.05, 0.1) is 0 Å². The Hall–Kier alpha value is -0.530. The van der Waals surface area contributed by atoms with E-state index in [0.29, 0.717) is 17.2 Å². The summed E-state index contributed by atoms with van der Waals surface area (Å²) in [6.07, 6.45) is 17.8. The normalized spacial score (nSPS) is 48.9. The summed E-state index contributed by atoms with van der Waals surface area (Å²) in [5.41, 5.74) is 0.305. The maximum Gasteiger partial charge on any atom is 0.226 e. The van der Waals surface area contributed by atoms with Crippen molar-refractivity contribution in [3.63, 3.8) is 0 Å². The number of carbonyl (C=O) groups is 1. The van der Waals surface area contributed by atoms with Gasteiger partial charge in [0.25, 0.3) is 0 Å². The summed E-state index contributed by atoms with van der Waals surface area (Å²) < 4.78 is 0. The smallest absolute Gasteiger partial charge is 0.226 e. The second kappa shape index (κ2) is 7.62. The van der Waals surface area contributed by atoms with Crippen LogP contribution in [-0.2, 0) is 4.79 Å². The van der Waals surface area contributed by atoms with Crippen LogP contribution in [0.1, 0.15) is 97.3 Å². The van der Waals surface area contributed by atoms with E-state index in [1.807, 2.05) is 0 Å². The Balaban J connectivity index is 1.32. The molecule has 5 aliphatic rings. The first-order valence-electron chi connectivity index (χ1n) is 12.9. The van der Waals surface area contributed by atoms with Crippen molar-refractivity contribution in [2.45, 2.75) is 97.3 Å². The Bertz CT molecular complexity index is 579. The molecule has 5 rings (SSSR count). The van der Waals surface area contributed by atoms with Crippen LogP contribution < -0.4 is 0 Å². The summed E-state index contributed by atoms with van der Waals surface area (Å²) in [7, 11) is 0. The molecular formula is C26H43NO. The van der Waals surface area contributed by atoms with Gasteiger partial charge in [0.15, 0.2) is 0 Å². The SMILES string of the molecule is CC1CCC2C(CCC3C2CCC2(C)C(C(=O)N4CCCCCC4)CCC32)C1. The quantitative estimate of drug-likeness (QED) is 0.519. The molecule has 0 N–H and O–H groups in total. The van der Waals surface area contributed by atoms with E-state index in [9.17, 15) is 4.79 Å². The van der Waals surface area contributed by atoms with Gasteiger partial charge in [-0.1, -0.05) is 33.1 Å². The molecule has 0 aromatic carbocycles. The number of nitrogens with zero attached hydrogens (tertiary/aromatic N) is 1. The zero-order chi connectivity index (χ0) is 19.3. The molecule has 158 valence electrons. The molecule has 0 aromatic heterocycles. The molecule has 28 heavy (non-hydrogen) atoms. The molecule has 2 nitrogen and oxygen atoms in total. The number of likely N-dealkylation sites (tertiary alicyclic amines) is 1. The lowest BCUT2D eigenvalue weighted by Gasteiger charge is -2.56. The van der Waals surface area contributed by atoms with Gasteiger partial charge in [-0.15, -0.1) is 0 Å². The fraction of sp³-hybridized carbons (Fsp3) is 0.962. The standard InChI is InChI=1S/C26H43NO/c1-18-7-9-20-19(17-18)8-10-22-21(20)13-14-26(2)23(22)11-12-24(26)25(28)27-15-5-3-4-6-16-27/h18-24H,3-17H2,1-2H3. The predicted molar refractivity (Wildman–Crippen MR) is 115 cm³/mol. The number of carbonyl (C=O) groups excluding carboxylic acids is 1. The number of fused-ring (bicyclic) bond motifs is 5. The van der Waals surface area contributed by atoms with E-state index >= 15 is 0 Å². The third-order valence-corrected chi connectivity index (χ3v) is 10.4. The molecule has 2 heteroatoms. The molecule has 1 aliphatic heterocycles. The molecule has 8 unspecified atom stereocenters. The van der Waals surface area contributed by atoms with Crippen molar-refractivity contribution in [2.75, 3.05) is 13.1 Å². The summed E-state index contributed by atoms with van der Waals surface area (Å²) in [5.74, 6) is 6.68. The zero-order valence-electron chi connectivity index (χ0n) is 18.5. The summed E-state index contributed by atoms with van der Waals surface area (Å²) in [6.45, 7) is 7.08. The maximum atomic E-state index is 13.6. The summed E-state index contributed by atoms with van der Waals surface area (Å²) in [6, 6.07) is 0. The van der Waals surface area contributed by atoms with Gasteiger partial charge in [-0.3, -0.25) is 4.79 Å². The summed E-state index contributed by atoms with van der Waals surface area (Å²) in [4.78, 5) is 15.8. The molecule has 4 saturated carbocycles. The first kappa shape index (κ1) is 19.4. The molecule has 0 spiro atoms. The van der Waals surface area contributed by atoms with Gasteiger partial charge in [-0.05, 0) is 105 Å². The highest BCUT2D eigenvalue weighted by Gasteiger charge is 2.58. The van der Waals surface area contributed by atoms with E-state index in [-0.39, 0.29) is 0 Å². The minimum Gasteiger partial charge on any atom is -0.342 e. The van der Waals surface area contributed by atoms with Crippen LogP contribution in [0.15, 0.2) is 0 Å². The second-order valence-electron chi connectivity index (χ2n) is 11.8. The van der Waals surface area contributed by atoms with E-state index in [4.69, 9.17) is 0 Å². The van der Waals surface area contributed by atoms with Gasteiger partial charge in [-0.2, -0.15) is 0 Å². The first-order valence-corrected chi connectivity index (χ1v) is 12.9. The molecule has 0 aromatic rings. The molecule has 8 atom stereocenters. The van der Waals surface area contributed by atoms with Gasteiger partial charge in [-0.25, -0.2) is 0 Å². The Labute approximate surface area is 173 Å². The highest BCUT2D eigenvalue weighted by Crippen LogP contribution is 2.64. The van der Waals surface area contributed by atoms with Gasteiger partial charge >= 0.3 is 0 Å². The number of hydrogen-bond acceptors (Lipinski definition) is 1. The van der Waals surface area contributed by atoms with Crippen molar-refractivity contribution in [1.29, 1.82) is 0 Å². The number of amides is 1. The Morgan fingerprint density at radius 1 is 0.821 bits per heavy atom. The van der Waals surface area contributed by atoms with Crippen molar-refractivity contribution in [3.8, 4) is 0 Å². The molecule has 0 radical (unpaired) electrons. The lowest BCUT2D eigenvalue weighted by Crippen LogP contribution is -2.51. The van der Waals surface area contributed by atoms with Crippen molar-refractivity contribution in [3.05, 3.63) is 0 Å². The molecule has 4 aliphatic carbocycles. The monoisotopic (exact) mass is 385 g/mol. The van der Waals surface area contributed by atoms with Crippen LogP contribution in [0, 0.1) is 46.8 Å². The maximum absolute atomic E-state index is 13.6. The Morgan fingerprint density at radius 3 is 2.36 bits per heavy atom. The van der Waals surface area contributed by atoms with E-state index in [1.165, 1.54) is 83.5 Å². The molecule has 0 bridgehead atoms. The minimum atomic E-state index is 0.305. The average molecular weight is 386 g/mol. The zero-order valence-corrected chi connectivity index (χ0v) is 18.5. The minimum absolute atomic E-state index is 0.305. The summed E-state index contributed by atoms with van der Waals surface area (Å²) >= 11 is 0. The molecule has 1 heterocycles. The van der Waals surface area contributed by atoms with E-state index in [1.54, 1.807) is 0 Å². The largest absolute Gasteiger partial charge is 0.342 e. The van der Waals surface area contributed by atoms with Gasteiger partial charge in [0, 0.05) is 19.0 Å². The van der Waals surface area contributed by atoms with Gasteiger partial charge in [0.2, 0.25) is 5.91 Å². The topological polar surface area (TPSA) is 20.3 Å². The molecular weight excluding hydrogens is 342 g/mol. The third-order valence-electron chi connectivity index (χ3n) is 10.4. The number of hydrogen-bond donors (Lipinski definition) is 0. The lowest BCUT2D eigenvalue weighted by atomic mass is 9.49. The second-order valence-corrected chi connectivity index (χ2v) is 11.8. The third kappa shape index (κ3) is 3.16. The first-order chi connectivity index (χ1) is 13.6. The van der Waals surface area contributed by atoms with E-state index < -0.39 is 0 Å². The van der Waals surface area contributed by atoms with Crippen LogP contribution in [-0.4, -0.2) is 23.9 Å². The van der Waals surface area contributed by atoms with Crippen LogP contribution in [0.2, 0.25) is 0 Å². The van der Waals surface area contributed by atoms with Crippen molar-refractivity contribution < 1.29 is 4.79 Å². The predicted octanol–water partition coefficient (Wildman–Crippen LogP) is 6.29. The van der Waals surface area contributed by atoms with Gasteiger partial charge in [0.1, 0.15) is 0 Å². The molecule has 1 saturated heterocycles. The highest BCUT2D eigenvalue weighted by molar-refractivity contribution is 5.80. The fourth-order valence-electron chi connectivity index (χ4n) is 9.01. The van der Waals surface area contributed by atoms with E-state index in [0.717, 1.165) is 48.6 Å². The van der Waals surface area contributed by atoms with Crippen LogP contribution in [0.25, 0.3) is 0 Å².